The van der Waals surface area contributed by atoms with Crippen molar-refractivity contribution in [1.82, 2.24) is 9.32 Å². The zero-order chi connectivity index (χ0) is 17.3. The predicted octanol–water partition coefficient (Wildman–Crippen LogP) is 3.80. The Labute approximate surface area is 144 Å². The van der Waals surface area contributed by atoms with Crippen LogP contribution in [0.2, 0.25) is 0 Å². The van der Waals surface area contributed by atoms with E-state index in [0.717, 1.165) is 10.5 Å². The van der Waals surface area contributed by atoms with Gasteiger partial charge >= 0.3 is 12.1 Å². The molecular formula is C17H20ClF3N2O. The first-order valence-corrected chi connectivity index (χ1v) is 8.53. The molecule has 0 spiro atoms. The van der Waals surface area contributed by atoms with Crippen LogP contribution in [0.4, 0.5) is 13.2 Å². The lowest BCUT2D eigenvalue weighted by molar-refractivity contribution is -0.187. The lowest BCUT2D eigenvalue weighted by Crippen LogP contribution is -2.46. The van der Waals surface area contributed by atoms with Crippen molar-refractivity contribution in [3.05, 3.63) is 35.9 Å². The molecule has 1 heterocycles. The number of rotatable bonds is 4. The van der Waals surface area contributed by atoms with Crippen LogP contribution in [0.25, 0.3) is 0 Å². The molecule has 2 aliphatic rings. The second-order valence-corrected chi connectivity index (χ2v) is 7.11. The van der Waals surface area contributed by atoms with E-state index < -0.39 is 12.1 Å². The molecule has 24 heavy (non-hydrogen) atoms. The SMILES string of the molecule is O=C(N(CC1CCN(Cl)CC1)C1CC1c1ccccc1)C(F)(F)F. The van der Waals surface area contributed by atoms with Crippen LogP contribution in [0.15, 0.2) is 30.3 Å². The van der Waals surface area contributed by atoms with Crippen molar-refractivity contribution in [3.63, 3.8) is 0 Å². The first-order valence-electron chi connectivity index (χ1n) is 8.19. The molecule has 0 bridgehead atoms. The van der Waals surface area contributed by atoms with E-state index in [1.807, 2.05) is 30.3 Å². The van der Waals surface area contributed by atoms with Gasteiger partial charge in [-0.15, -0.1) is 0 Å². The number of nitrogens with zero attached hydrogens (tertiary/aromatic N) is 2. The number of alkyl halides is 3. The summed E-state index contributed by atoms with van der Waals surface area (Å²) in [6.45, 7) is 1.46. The average Bonchev–Trinajstić information content (AvgIpc) is 3.34. The molecule has 2 unspecified atom stereocenters. The first kappa shape index (κ1) is 17.5. The molecule has 0 radical (unpaired) electrons. The Balaban J connectivity index is 1.70. The topological polar surface area (TPSA) is 23.6 Å². The average molecular weight is 361 g/mol. The largest absolute Gasteiger partial charge is 0.471 e. The number of hydrogen-bond acceptors (Lipinski definition) is 2. The van der Waals surface area contributed by atoms with E-state index >= 15 is 0 Å². The molecule has 1 saturated heterocycles. The van der Waals surface area contributed by atoms with Crippen LogP contribution in [0.3, 0.4) is 0 Å². The van der Waals surface area contributed by atoms with Crippen LogP contribution in [0.1, 0.15) is 30.7 Å². The number of amides is 1. The van der Waals surface area contributed by atoms with Gasteiger partial charge in [-0.3, -0.25) is 4.79 Å². The molecule has 132 valence electrons. The van der Waals surface area contributed by atoms with Crippen LogP contribution in [0, 0.1) is 5.92 Å². The maximum atomic E-state index is 13.0. The standard InChI is InChI=1S/C17H20ClF3N2O/c18-22-8-6-12(7-9-22)11-23(16(24)17(19,20)21)15-10-14(15)13-4-2-1-3-5-13/h1-5,12,14-15H,6-11H2. The summed E-state index contributed by atoms with van der Waals surface area (Å²) in [5, 5.41) is 0. The van der Waals surface area contributed by atoms with Gasteiger partial charge in [0, 0.05) is 31.6 Å². The Morgan fingerprint density at radius 1 is 1.21 bits per heavy atom. The Morgan fingerprint density at radius 2 is 1.83 bits per heavy atom. The van der Waals surface area contributed by atoms with Crippen LogP contribution < -0.4 is 0 Å². The van der Waals surface area contributed by atoms with Gasteiger partial charge < -0.3 is 4.90 Å². The lowest BCUT2D eigenvalue weighted by Gasteiger charge is -2.32. The molecule has 1 aliphatic carbocycles. The van der Waals surface area contributed by atoms with E-state index in [0.29, 0.717) is 32.4 Å². The molecule has 3 nitrogen and oxygen atoms in total. The van der Waals surface area contributed by atoms with Gasteiger partial charge in [0.2, 0.25) is 0 Å². The number of carbonyl (C=O) groups excluding carboxylic acids is 1. The second-order valence-electron chi connectivity index (χ2n) is 6.63. The summed E-state index contributed by atoms with van der Waals surface area (Å²) in [6.07, 6.45) is -2.79. The molecular weight excluding hydrogens is 341 g/mol. The fraction of sp³-hybridized carbons (Fsp3) is 0.588. The van der Waals surface area contributed by atoms with E-state index in [1.54, 1.807) is 4.42 Å². The first-order chi connectivity index (χ1) is 11.4. The molecule has 3 rings (SSSR count). The van der Waals surface area contributed by atoms with Gasteiger partial charge in [0.05, 0.1) is 0 Å². The quantitative estimate of drug-likeness (QED) is 0.762. The fourth-order valence-electron chi connectivity index (χ4n) is 3.48. The van der Waals surface area contributed by atoms with Gasteiger partial charge in [-0.1, -0.05) is 30.3 Å². The van der Waals surface area contributed by atoms with E-state index in [1.165, 1.54) is 0 Å². The number of benzene rings is 1. The molecule has 2 atom stereocenters. The zero-order valence-corrected chi connectivity index (χ0v) is 13.9. The molecule has 1 amide bonds. The van der Waals surface area contributed by atoms with Crippen molar-refractivity contribution in [1.29, 1.82) is 0 Å². The maximum Gasteiger partial charge on any atom is 0.471 e. The Morgan fingerprint density at radius 3 is 2.42 bits per heavy atom. The summed E-state index contributed by atoms with van der Waals surface area (Å²) < 4.78 is 40.7. The van der Waals surface area contributed by atoms with Crippen molar-refractivity contribution in [3.8, 4) is 0 Å². The Kier molecular flexibility index (Phi) is 5.06. The van der Waals surface area contributed by atoms with Gasteiger partial charge in [-0.25, -0.2) is 4.42 Å². The summed E-state index contributed by atoms with van der Waals surface area (Å²) in [4.78, 5) is 13.0. The van der Waals surface area contributed by atoms with Gasteiger partial charge in [-0.2, -0.15) is 13.2 Å². The Bertz CT molecular complexity index is 573. The normalized spacial score (nSPS) is 25.5. The second kappa shape index (κ2) is 6.92. The van der Waals surface area contributed by atoms with Crippen LogP contribution in [-0.2, 0) is 4.79 Å². The summed E-state index contributed by atoms with van der Waals surface area (Å²) >= 11 is 5.90. The van der Waals surface area contributed by atoms with Crippen LogP contribution >= 0.6 is 11.8 Å². The molecule has 1 aromatic carbocycles. The van der Waals surface area contributed by atoms with Crippen molar-refractivity contribution in [2.45, 2.75) is 37.4 Å². The number of halogens is 4. The third kappa shape index (κ3) is 4.03. The van der Waals surface area contributed by atoms with Crippen LogP contribution in [0.5, 0.6) is 0 Å². The third-order valence-corrected chi connectivity index (χ3v) is 5.24. The van der Waals surface area contributed by atoms with Crippen molar-refractivity contribution in [2.24, 2.45) is 5.92 Å². The fourth-order valence-corrected chi connectivity index (χ4v) is 3.67. The minimum Gasteiger partial charge on any atom is -0.331 e. The van der Waals surface area contributed by atoms with E-state index in [-0.39, 0.29) is 24.4 Å². The highest BCUT2D eigenvalue weighted by atomic mass is 35.5. The lowest BCUT2D eigenvalue weighted by atomic mass is 9.97. The molecule has 1 saturated carbocycles. The number of hydrogen-bond donors (Lipinski definition) is 0. The third-order valence-electron chi connectivity index (χ3n) is 4.90. The predicted molar refractivity (Wildman–Crippen MR) is 85.5 cm³/mol. The molecule has 1 aliphatic heterocycles. The van der Waals surface area contributed by atoms with E-state index in [9.17, 15) is 18.0 Å². The summed E-state index contributed by atoms with van der Waals surface area (Å²) in [6, 6.07) is 9.09. The molecule has 1 aromatic rings. The highest BCUT2D eigenvalue weighted by Crippen LogP contribution is 2.46. The van der Waals surface area contributed by atoms with Crippen molar-refractivity contribution in [2.75, 3.05) is 19.6 Å². The van der Waals surface area contributed by atoms with E-state index in [2.05, 4.69) is 0 Å². The molecule has 2 fully saturated rings. The van der Waals surface area contributed by atoms with Gasteiger partial charge in [0.25, 0.3) is 0 Å². The highest BCUT2D eigenvalue weighted by molar-refractivity contribution is 6.13. The van der Waals surface area contributed by atoms with Crippen molar-refractivity contribution < 1.29 is 18.0 Å². The molecule has 0 aromatic heterocycles. The molecule has 0 N–H and O–H groups in total. The van der Waals surface area contributed by atoms with Gasteiger partial charge in [-0.05, 0) is 42.5 Å². The monoisotopic (exact) mass is 360 g/mol. The minimum atomic E-state index is -4.82. The minimum absolute atomic E-state index is 0.00520. The number of carbonyl (C=O) groups is 1. The maximum absolute atomic E-state index is 13.0. The van der Waals surface area contributed by atoms with Gasteiger partial charge in [0.1, 0.15) is 0 Å². The molecule has 7 heteroatoms. The highest BCUT2D eigenvalue weighted by Gasteiger charge is 2.52. The smallest absolute Gasteiger partial charge is 0.331 e. The van der Waals surface area contributed by atoms with E-state index in [4.69, 9.17) is 11.8 Å². The van der Waals surface area contributed by atoms with Crippen LogP contribution in [-0.4, -0.2) is 47.1 Å². The summed E-state index contributed by atoms with van der Waals surface area (Å²) in [5.41, 5.74) is 0.998. The summed E-state index contributed by atoms with van der Waals surface area (Å²) in [5.74, 6) is -1.63. The number of piperidine rings is 1. The van der Waals surface area contributed by atoms with Gasteiger partial charge in [0.15, 0.2) is 0 Å². The zero-order valence-electron chi connectivity index (χ0n) is 13.2. The van der Waals surface area contributed by atoms with Crippen molar-refractivity contribution >= 4 is 17.7 Å². The Hall–Kier alpha value is -1.27. The summed E-state index contributed by atoms with van der Waals surface area (Å²) in [7, 11) is 0.